The number of halogens is 3. The van der Waals surface area contributed by atoms with Gasteiger partial charge in [0.15, 0.2) is 0 Å². The zero-order valence-corrected chi connectivity index (χ0v) is 15.4. The molecule has 2 aromatic rings. The number of sulfonamides is 1. The standard InChI is InChI=1S/C13H11Br2ClN2O2S/c14-10-4-2-9(16)6-12(10)18-21(19,20)13-5-8(7-17)1-3-11(13)15/h1-6,18H,7,17H2. The van der Waals surface area contributed by atoms with Crippen molar-refractivity contribution in [3.05, 3.63) is 55.9 Å². The Balaban J connectivity index is 2.45. The van der Waals surface area contributed by atoms with Crippen molar-refractivity contribution in [2.24, 2.45) is 5.73 Å². The molecule has 0 amide bonds. The van der Waals surface area contributed by atoms with Gasteiger partial charge in [0.25, 0.3) is 10.0 Å². The smallest absolute Gasteiger partial charge is 0.263 e. The molecular weight excluding hydrogens is 443 g/mol. The third-order valence-corrected chi connectivity index (χ3v) is 5.98. The molecule has 0 bridgehead atoms. The van der Waals surface area contributed by atoms with Crippen molar-refractivity contribution < 1.29 is 8.42 Å². The molecule has 3 N–H and O–H groups in total. The van der Waals surface area contributed by atoms with Crippen molar-refractivity contribution in [1.82, 2.24) is 0 Å². The van der Waals surface area contributed by atoms with E-state index in [2.05, 4.69) is 36.6 Å². The first-order valence-corrected chi connectivity index (χ1v) is 9.24. The van der Waals surface area contributed by atoms with Crippen LogP contribution in [0, 0.1) is 0 Å². The minimum absolute atomic E-state index is 0.123. The molecule has 2 aromatic carbocycles. The van der Waals surface area contributed by atoms with Crippen LogP contribution in [0.3, 0.4) is 0 Å². The van der Waals surface area contributed by atoms with Gasteiger partial charge in [0.1, 0.15) is 4.90 Å². The molecule has 8 heteroatoms. The van der Waals surface area contributed by atoms with Gasteiger partial charge in [0.05, 0.1) is 5.69 Å². The largest absolute Gasteiger partial charge is 0.326 e. The van der Waals surface area contributed by atoms with Gasteiger partial charge in [-0.05, 0) is 67.8 Å². The quantitative estimate of drug-likeness (QED) is 0.730. The van der Waals surface area contributed by atoms with Crippen molar-refractivity contribution in [2.45, 2.75) is 11.4 Å². The SMILES string of the molecule is NCc1ccc(Br)c(S(=O)(=O)Nc2cc(Cl)ccc2Br)c1. The summed E-state index contributed by atoms with van der Waals surface area (Å²) in [4.78, 5) is 0.123. The molecule has 0 spiro atoms. The summed E-state index contributed by atoms with van der Waals surface area (Å²) in [6, 6.07) is 9.82. The lowest BCUT2D eigenvalue weighted by molar-refractivity contribution is 0.600. The number of benzene rings is 2. The van der Waals surface area contributed by atoms with E-state index in [1.54, 1.807) is 24.3 Å². The van der Waals surface area contributed by atoms with E-state index >= 15 is 0 Å². The van der Waals surface area contributed by atoms with Crippen LogP contribution in [0.25, 0.3) is 0 Å². The van der Waals surface area contributed by atoms with Gasteiger partial charge in [0, 0.05) is 20.5 Å². The van der Waals surface area contributed by atoms with Gasteiger partial charge in [-0.15, -0.1) is 0 Å². The van der Waals surface area contributed by atoms with Crippen LogP contribution in [-0.4, -0.2) is 8.42 Å². The highest BCUT2D eigenvalue weighted by atomic mass is 79.9. The van der Waals surface area contributed by atoms with Crippen molar-refractivity contribution in [3.8, 4) is 0 Å². The Labute approximate surface area is 145 Å². The van der Waals surface area contributed by atoms with Gasteiger partial charge in [-0.25, -0.2) is 8.42 Å². The number of anilines is 1. The van der Waals surface area contributed by atoms with E-state index in [1.807, 2.05) is 0 Å². The highest BCUT2D eigenvalue weighted by Crippen LogP contribution is 2.30. The summed E-state index contributed by atoms with van der Waals surface area (Å²) in [5.74, 6) is 0. The lowest BCUT2D eigenvalue weighted by Crippen LogP contribution is -2.14. The van der Waals surface area contributed by atoms with E-state index in [0.29, 0.717) is 19.7 Å². The van der Waals surface area contributed by atoms with Crippen molar-refractivity contribution in [2.75, 3.05) is 4.72 Å². The maximum absolute atomic E-state index is 12.5. The fourth-order valence-electron chi connectivity index (χ4n) is 1.66. The second kappa shape index (κ2) is 6.66. The first kappa shape index (κ1) is 16.8. The molecule has 0 aromatic heterocycles. The second-order valence-corrected chi connectivity index (χ2v) is 7.99. The Kier molecular flexibility index (Phi) is 5.32. The van der Waals surface area contributed by atoms with E-state index in [1.165, 1.54) is 12.1 Å². The van der Waals surface area contributed by atoms with Crippen LogP contribution in [-0.2, 0) is 16.6 Å². The summed E-state index contributed by atoms with van der Waals surface area (Å²) in [5, 5.41) is 0.436. The van der Waals surface area contributed by atoms with Crippen molar-refractivity contribution in [3.63, 3.8) is 0 Å². The summed E-state index contributed by atoms with van der Waals surface area (Å²) in [5.41, 5.74) is 6.65. The van der Waals surface area contributed by atoms with Gasteiger partial charge in [-0.2, -0.15) is 0 Å². The van der Waals surface area contributed by atoms with E-state index in [9.17, 15) is 8.42 Å². The normalized spacial score (nSPS) is 11.4. The average molecular weight is 455 g/mol. The molecule has 112 valence electrons. The molecule has 0 heterocycles. The summed E-state index contributed by atoms with van der Waals surface area (Å²) in [6.07, 6.45) is 0. The predicted molar refractivity (Wildman–Crippen MR) is 92.0 cm³/mol. The summed E-state index contributed by atoms with van der Waals surface area (Å²) in [7, 11) is -3.76. The minimum Gasteiger partial charge on any atom is -0.326 e. The molecule has 0 atom stereocenters. The zero-order valence-electron chi connectivity index (χ0n) is 10.6. The van der Waals surface area contributed by atoms with E-state index < -0.39 is 10.0 Å². The van der Waals surface area contributed by atoms with E-state index in [4.69, 9.17) is 17.3 Å². The van der Waals surface area contributed by atoms with E-state index in [-0.39, 0.29) is 11.4 Å². The van der Waals surface area contributed by atoms with Gasteiger partial charge in [0.2, 0.25) is 0 Å². The lowest BCUT2D eigenvalue weighted by atomic mass is 10.2. The summed E-state index contributed by atoms with van der Waals surface area (Å²) < 4.78 is 28.6. The van der Waals surface area contributed by atoms with Crippen LogP contribution in [0.4, 0.5) is 5.69 Å². The Hall–Kier alpha value is -0.600. The van der Waals surface area contributed by atoms with Crippen LogP contribution in [0.15, 0.2) is 50.2 Å². The molecule has 21 heavy (non-hydrogen) atoms. The van der Waals surface area contributed by atoms with Crippen LogP contribution < -0.4 is 10.5 Å². The number of nitrogens with one attached hydrogen (secondary N) is 1. The van der Waals surface area contributed by atoms with Crippen molar-refractivity contribution in [1.29, 1.82) is 0 Å². The summed E-state index contributed by atoms with van der Waals surface area (Å²) >= 11 is 12.4. The fraction of sp³-hybridized carbons (Fsp3) is 0.0769. The molecule has 0 radical (unpaired) electrons. The first-order valence-electron chi connectivity index (χ1n) is 5.80. The molecule has 2 rings (SSSR count). The van der Waals surface area contributed by atoms with Crippen molar-refractivity contribution >= 4 is 59.2 Å². The molecule has 0 aliphatic carbocycles. The molecule has 0 saturated carbocycles. The summed E-state index contributed by atoms with van der Waals surface area (Å²) in [6.45, 7) is 0.261. The fourth-order valence-corrected chi connectivity index (χ4v) is 4.39. The molecular formula is C13H11Br2ClN2O2S. The first-order chi connectivity index (χ1) is 9.83. The highest BCUT2D eigenvalue weighted by Gasteiger charge is 2.19. The van der Waals surface area contributed by atoms with Crippen LogP contribution in [0.5, 0.6) is 0 Å². The molecule has 0 aliphatic heterocycles. The molecule has 0 unspecified atom stereocenters. The molecule has 0 aliphatic rings. The van der Waals surface area contributed by atoms with Gasteiger partial charge in [-0.3, -0.25) is 4.72 Å². The molecule has 4 nitrogen and oxygen atoms in total. The van der Waals surface area contributed by atoms with Crippen LogP contribution in [0.1, 0.15) is 5.56 Å². The maximum Gasteiger partial charge on any atom is 0.263 e. The van der Waals surface area contributed by atoms with Crippen LogP contribution >= 0.6 is 43.5 Å². The Bertz CT molecular complexity index is 782. The average Bonchev–Trinajstić information content (AvgIpc) is 2.43. The maximum atomic E-state index is 12.5. The predicted octanol–water partition coefficient (Wildman–Crippen LogP) is 4.12. The zero-order chi connectivity index (χ0) is 15.6. The topological polar surface area (TPSA) is 72.2 Å². The molecule has 0 fully saturated rings. The Morgan fingerprint density at radius 1 is 1.10 bits per heavy atom. The number of hydrogen-bond acceptors (Lipinski definition) is 3. The monoisotopic (exact) mass is 452 g/mol. The third-order valence-electron chi connectivity index (χ3n) is 2.69. The molecule has 0 saturated heterocycles. The van der Waals surface area contributed by atoms with Gasteiger partial charge in [-0.1, -0.05) is 17.7 Å². The third kappa shape index (κ3) is 3.98. The number of hydrogen-bond donors (Lipinski definition) is 2. The van der Waals surface area contributed by atoms with Gasteiger partial charge < -0.3 is 5.73 Å². The van der Waals surface area contributed by atoms with E-state index in [0.717, 1.165) is 5.56 Å². The minimum atomic E-state index is -3.76. The van der Waals surface area contributed by atoms with Crippen LogP contribution in [0.2, 0.25) is 5.02 Å². The Morgan fingerprint density at radius 2 is 1.76 bits per heavy atom. The number of rotatable bonds is 4. The Morgan fingerprint density at radius 3 is 2.43 bits per heavy atom. The lowest BCUT2D eigenvalue weighted by Gasteiger charge is -2.12. The second-order valence-electron chi connectivity index (χ2n) is 4.20. The highest BCUT2D eigenvalue weighted by molar-refractivity contribution is 9.11. The van der Waals surface area contributed by atoms with Gasteiger partial charge >= 0.3 is 0 Å². The number of nitrogens with two attached hydrogens (primary N) is 1.